The highest BCUT2D eigenvalue weighted by Gasteiger charge is 2.03. The minimum Gasteiger partial charge on any atom is -0.392 e. The molecule has 2 nitrogen and oxygen atoms in total. The SMILES string of the molecule is Cc1cc(C)cc(Cc2cnccc2CO)c1. The third-order valence-corrected chi connectivity index (χ3v) is 2.85. The maximum absolute atomic E-state index is 9.28. The third-order valence-electron chi connectivity index (χ3n) is 2.85. The van der Waals surface area contributed by atoms with Crippen LogP contribution in [0.25, 0.3) is 0 Å². The van der Waals surface area contributed by atoms with Crippen molar-refractivity contribution in [3.8, 4) is 0 Å². The molecule has 0 amide bonds. The monoisotopic (exact) mass is 227 g/mol. The average molecular weight is 227 g/mol. The van der Waals surface area contributed by atoms with Crippen molar-refractivity contribution in [1.29, 1.82) is 0 Å². The molecule has 1 heterocycles. The van der Waals surface area contributed by atoms with Crippen molar-refractivity contribution < 1.29 is 5.11 Å². The molecule has 0 saturated carbocycles. The van der Waals surface area contributed by atoms with Gasteiger partial charge in [0.25, 0.3) is 0 Å². The first-order valence-corrected chi connectivity index (χ1v) is 5.79. The van der Waals surface area contributed by atoms with Gasteiger partial charge in [-0.1, -0.05) is 29.3 Å². The van der Waals surface area contributed by atoms with E-state index < -0.39 is 0 Å². The molecule has 0 fully saturated rings. The topological polar surface area (TPSA) is 33.1 Å². The fraction of sp³-hybridized carbons (Fsp3) is 0.267. The predicted octanol–water partition coefficient (Wildman–Crippen LogP) is 2.78. The van der Waals surface area contributed by atoms with Crippen LogP contribution < -0.4 is 0 Å². The van der Waals surface area contributed by atoms with Crippen molar-refractivity contribution in [3.63, 3.8) is 0 Å². The first-order chi connectivity index (χ1) is 8.19. The van der Waals surface area contributed by atoms with Gasteiger partial charge >= 0.3 is 0 Å². The van der Waals surface area contributed by atoms with E-state index in [0.717, 1.165) is 17.5 Å². The van der Waals surface area contributed by atoms with Gasteiger partial charge in [-0.05, 0) is 43.0 Å². The third kappa shape index (κ3) is 2.92. The highest BCUT2D eigenvalue weighted by molar-refractivity contribution is 5.34. The number of benzene rings is 1. The Morgan fingerprint density at radius 1 is 1.06 bits per heavy atom. The van der Waals surface area contributed by atoms with Gasteiger partial charge in [0.2, 0.25) is 0 Å². The van der Waals surface area contributed by atoms with E-state index in [-0.39, 0.29) is 6.61 Å². The Morgan fingerprint density at radius 3 is 2.41 bits per heavy atom. The van der Waals surface area contributed by atoms with Gasteiger partial charge in [-0.3, -0.25) is 4.98 Å². The van der Waals surface area contributed by atoms with Gasteiger partial charge in [0, 0.05) is 12.4 Å². The van der Waals surface area contributed by atoms with E-state index in [9.17, 15) is 5.11 Å². The Morgan fingerprint density at radius 2 is 1.76 bits per heavy atom. The van der Waals surface area contributed by atoms with Crippen LogP contribution in [0.15, 0.2) is 36.7 Å². The van der Waals surface area contributed by atoms with Crippen LogP contribution in [0, 0.1) is 13.8 Å². The van der Waals surface area contributed by atoms with Crippen molar-refractivity contribution in [1.82, 2.24) is 4.98 Å². The van der Waals surface area contributed by atoms with E-state index in [1.54, 1.807) is 6.20 Å². The Labute approximate surface area is 102 Å². The number of aryl methyl sites for hydroxylation is 2. The molecule has 0 atom stereocenters. The zero-order valence-corrected chi connectivity index (χ0v) is 10.3. The Kier molecular flexibility index (Phi) is 3.55. The van der Waals surface area contributed by atoms with Crippen molar-refractivity contribution in [2.24, 2.45) is 0 Å². The van der Waals surface area contributed by atoms with Crippen molar-refractivity contribution in [2.45, 2.75) is 26.9 Å². The molecule has 0 radical (unpaired) electrons. The lowest BCUT2D eigenvalue weighted by molar-refractivity contribution is 0.280. The number of hydrogen-bond donors (Lipinski definition) is 1. The maximum atomic E-state index is 9.28. The van der Waals surface area contributed by atoms with Crippen molar-refractivity contribution >= 4 is 0 Å². The van der Waals surface area contributed by atoms with Gasteiger partial charge in [0.05, 0.1) is 6.61 Å². The van der Waals surface area contributed by atoms with Gasteiger partial charge in [-0.25, -0.2) is 0 Å². The number of aromatic nitrogens is 1. The maximum Gasteiger partial charge on any atom is 0.0685 e. The lowest BCUT2D eigenvalue weighted by Gasteiger charge is -2.08. The van der Waals surface area contributed by atoms with E-state index in [0.29, 0.717) is 0 Å². The smallest absolute Gasteiger partial charge is 0.0685 e. The standard InChI is InChI=1S/C15H17NO/c1-11-5-12(2)7-13(6-11)8-15-9-16-4-3-14(15)10-17/h3-7,9,17H,8,10H2,1-2H3. The molecule has 1 aromatic heterocycles. The minimum absolute atomic E-state index is 0.0721. The second kappa shape index (κ2) is 5.11. The molecule has 2 aromatic rings. The Bertz CT molecular complexity index is 500. The highest BCUT2D eigenvalue weighted by atomic mass is 16.3. The summed E-state index contributed by atoms with van der Waals surface area (Å²) in [4.78, 5) is 4.12. The molecule has 0 unspecified atom stereocenters. The van der Waals surface area contributed by atoms with E-state index in [1.807, 2.05) is 12.3 Å². The van der Waals surface area contributed by atoms with Crippen LogP contribution in [0.5, 0.6) is 0 Å². The minimum atomic E-state index is 0.0721. The number of hydrogen-bond acceptors (Lipinski definition) is 2. The molecule has 2 heteroatoms. The van der Waals surface area contributed by atoms with Crippen LogP contribution in [0.2, 0.25) is 0 Å². The molecule has 88 valence electrons. The zero-order valence-electron chi connectivity index (χ0n) is 10.3. The summed E-state index contributed by atoms with van der Waals surface area (Å²) in [6, 6.07) is 8.40. The summed E-state index contributed by atoms with van der Waals surface area (Å²) in [7, 11) is 0. The second-order valence-electron chi connectivity index (χ2n) is 4.48. The number of nitrogens with zero attached hydrogens (tertiary/aromatic N) is 1. The van der Waals surface area contributed by atoms with Gasteiger partial charge in [0.15, 0.2) is 0 Å². The van der Waals surface area contributed by atoms with E-state index in [4.69, 9.17) is 0 Å². The van der Waals surface area contributed by atoms with Crippen LogP contribution in [0.3, 0.4) is 0 Å². The normalized spacial score (nSPS) is 10.5. The van der Waals surface area contributed by atoms with Crippen LogP contribution in [-0.2, 0) is 13.0 Å². The van der Waals surface area contributed by atoms with Crippen LogP contribution in [0.1, 0.15) is 27.8 Å². The summed E-state index contributed by atoms with van der Waals surface area (Å²) in [5.74, 6) is 0. The average Bonchev–Trinajstić information content (AvgIpc) is 2.28. The molecule has 17 heavy (non-hydrogen) atoms. The second-order valence-corrected chi connectivity index (χ2v) is 4.48. The quantitative estimate of drug-likeness (QED) is 0.874. The zero-order chi connectivity index (χ0) is 12.3. The summed E-state index contributed by atoms with van der Waals surface area (Å²) >= 11 is 0. The summed E-state index contributed by atoms with van der Waals surface area (Å²) < 4.78 is 0. The molecule has 0 aliphatic rings. The molecule has 0 bridgehead atoms. The molecule has 1 N–H and O–H groups in total. The Balaban J connectivity index is 2.31. The predicted molar refractivity (Wildman–Crippen MR) is 68.9 cm³/mol. The van der Waals surface area contributed by atoms with E-state index in [2.05, 4.69) is 37.0 Å². The first kappa shape index (κ1) is 11.8. The van der Waals surface area contributed by atoms with Gasteiger partial charge < -0.3 is 5.11 Å². The summed E-state index contributed by atoms with van der Waals surface area (Å²) in [5, 5.41) is 9.28. The number of pyridine rings is 1. The molecule has 0 spiro atoms. The van der Waals surface area contributed by atoms with Gasteiger partial charge in [-0.2, -0.15) is 0 Å². The van der Waals surface area contributed by atoms with Crippen LogP contribution >= 0.6 is 0 Å². The largest absolute Gasteiger partial charge is 0.392 e. The fourth-order valence-electron chi connectivity index (χ4n) is 2.16. The molecular weight excluding hydrogens is 210 g/mol. The van der Waals surface area contributed by atoms with Crippen molar-refractivity contribution in [2.75, 3.05) is 0 Å². The van der Waals surface area contributed by atoms with Crippen LogP contribution in [0.4, 0.5) is 0 Å². The molecule has 1 aromatic carbocycles. The summed E-state index contributed by atoms with van der Waals surface area (Å²) in [6.45, 7) is 4.28. The number of rotatable bonds is 3. The molecular formula is C15H17NO. The molecule has 0 aliphatic heterocycles. The highest BCUT2D eigenvalue weighted by Crippen LogP contribution is 2.16. The van der Waals surface area contributed by atoms with Gasteiger partial charge in [0.1, 0.15) is 0 Å². The first-order valence-electron chi connectivity index (χ1n) is 5.79. The lowest BCUT2D eigenvalue weighted by atomic mass is 9.99. The summed E-state index contributed by atoms with van der Waals surface area (Å²) in [6.07, 6.45) is 4.38. The van der Waals surface area contributed by atoms with E-state index >= 15 is 0 Å². The van der Waals surface area contributed by atoms with Crippen LogP contribution in [-0.4, -0.2) is 10.1 Å². The molecule has 2 rings (SSSR count). The number of aliphatic hydroxyl groups excluding tert-OH is 1. The molecule has 0 saturated heterocycles. The molecule has 0 aliphatic carbocycles. The van der Waals surface area contributed by atoms with Gasteiger partial charge in [-0.15, -0.1) is 0 Å². The number of aliphatic hydroxyl groups is 1. The van der Waals surface area contributed by atoms with Crippen molar-refractivity contribution in [3.05, 3.63) is 64.5 Å². The lowest BCUT2D eigenvalue weighted by Crippen LogP contribution is -1.97. The Hall–Kier alpha value is -1.67. The fourth-order valence-corrected chi connectivity index (χ4v) is 2.16. The summed E-state index contributed by atoms with van der Waals surface area (Å²) in [5.41, 5.74) is 5.87. The van der Waals surface area contributed by atoms with E-state index in [1.165, 1.54) is 16.7 Å².